The van der Waals surface area contributed by atoms with E-state index in [-0.39, 0.29) is 12.4 Å². The second-order valence-corrected chi connectivity index (χ2v) is 11.1. The zero-order chi connectivity index (χ0) is 27.4. The summed E-state index contributed by atoms with van der Waals surface area (Å²) in [4.78, 5) is 13.5. The Balaban J connectivity index is 0.000000384. The number of pyridine rings is 1. The molecular weight excluding hydrogens is 526 g/mol. The summed E-state index contributed by atoms with van der Waals surface area (Å²) >= 11 is 2.96. The van der Waals surface area contributed by atoms with Crippen molar-refractivity contribution in [3.05, 3.63) is 88.7 Å². The summed E-state index contributed by atoms with van der Waals surface area (Å²) < 4.78 is 0. The van der Waals surface area contributed by atoms with E-state index in [1.54, 1.807) is 6.20 Å². The second kappa shape index (κ2) is 17.4. The Labute approximate surface area is 246 Å². The quantitative estimate of drug-likeness (QED) is 0.259. The van der Waals surface area contributed by atoms with E-state index in [0.29, 0.717) is 23.7 Å². The van der Waals surface area contributed by atoms with Crippen LogP contribution < -0.4 is 12.4 Å². The van der Waals surface area contributed by atoms with Crippen LogP contribution in [0, 0.1) is 0 Å². The van der Waals surface area contributed by atoms with Crippen molar-refractivity contribution in [1.82, 2.24) is 4.98 Å². The van der Waals surface area contributed by atoms with Crippen molar-refractivity contribution in [2.45, 2.75) is 90.8 Å². The number of hydrogen-bond donors (Lipinski definition) is 0. The number of aliphatic imine (C=N–C) groups is 2. The molecule has 0 radical (unpaired) electrons. The molecule has 3 nitrogen and oxygen atoms in total. The van der Waals surface area contributed by atoms with Gasteiger partial charge in [-0.3, -0.25) is 9.98 Å². The van der Waals surface area contributed by atoms with Gasteiger partial charge in [-0.25, -0.2) is 0 Å². The Bertz CT molecular complexity index is 1100. The van der Waals surface area contributed by atoms with E-state index in [1.807, 2.05) is 24.7 Å². The molecule has 0 spiro atoms. The number of aromatic nitrogens is 1. The fraction of sp³-hybridized carbons (Fsp3) is 0.424. The normalized spacial score (nSPS) is 11.5. The molecule has 0 bridgehead atoms. The van der Waals surface area contributed by atoms with E-state index < -0.39 is 0 Å². The second-order valence-electron chi connectivity index (χ2n) is 10.5. The number of halogens is 1. The number of para-hydroxylation sites is 2. The molecule has 0 N–H and O–H groups in total. The number of rotatable bonds is 9. The predicted molar refractivity (Wildman–Crippen MR) is 158 cm³/mol. The predicted octanol–water partition coefficient (Wildman–Crippen LogP) is 6.88. The van der Waals surface area contributed by atoms with Crippen LogP contribution in [-0.4, -0.2) is 17.4 Å². The van der Waals surface area contributed by atoms with Crippen LogP contribution in [0.1, 0.15) is 107 Å². The molecule has 0 aliphatic heterocycles. The fourth-order valence-corrected chi connectivity index (χ4v) is 4.33. The molecule has 5 heteroatoms. The van der Waals surface area contributed by atoms with E-state index in [9.17, 15) is 0 Å². The summed E-state index contributed by atoms with van der Waals surface area (Å²) in [5.41, 5.74) is 8.84. The van der Waals surface area contributed by atoms with Crippen LogP contribution in [0.15, 0.2) is 70.9 Å². The van der Waals surface area contributed by atoms with Crippen molar-refractivity contribution < 1.29 is 28.7 Å². The smallest absolute Gasteiger partial charge is 1.00 e. The average Bonchev–Trinajstić information content (AvgIpc) is 2.87. The van der Waals surface area contributed by atoms with Crippen molar-refractivity contribution in [3.63, 3.8) is 0 Å². The standard InChI is InChI=1S/C19H24N2.C14H20N.ClH.Cr/c1-14(2)17-8-5-9-18(15(3)4)19(17)21-12-10-16-7-6-11-20-13-16;1-6-15-14-12(10(2)3)8-7-9-13(14)11(4)5;;/h5-9,11-15H,10H2,1-4H3;6-11H,1H2,2-5H3;1H;/q;;;+1/p-1. The van der Waals surface area contributed by atoms with E-state index in [0.717, 1.165) is 17.4 Å². The molecule has 3 aromatic rings. The van der Waals surface area contributed by atoms with E-state index >= 15 is 0 Å². The van der Waals surface area contributed by atoms with Gasteiger partial charge in [0.25, 0.3) is 0 Å². The van der Waals surface area contributed by atoms with Crippen LogP contribution in [-0.2, 0) is 22.7 Å². The molecule has 1 heterocycles. The van der Waals surface area contributed by atoms with Crippen LogP contribution in [0.2, 0.25) is 5.28 Å². The average molecular weight is 570 g/mol. The molecular formula is C33H44ClCrN3. The molecule has 3 rings (SSSR count). The van der Waals surface area contributed by atoms with Crippen LogP contribution in [0.25, 0.3) is 0 Å². The van der Waals surface area contributed by atoms with Crippen molar-refractivity contribution in [2.75, 3.05) is 0 Å². The van der Waals surface area contributed by atoms with Gasteiger partial charge in [-0.2, -0.15) is 0 Å². The summed E-state index contributed by atoms with van der Waals surface area (Å²) in [5.74, 6) is 2.00. The summed E-state index contributed by atoms with van der Waals surface area (Å²) in [6, 6.07) is 17.1. The molecule has 38 heavy (non-hydrogen) atoms. The molecule has 0 fully saturated rings. The molecule has 204 valence electrons. The Morgan fingerprint density at radius 3 is 1.42 bits per heavy atom. The van der Waals surface area contributed by atoms with Gasteiger partial charge in [-0.1, -0.05) is 52.0 Å². The maximum atomic E-state index is 4.79. The van der Waals surface area contributed by atoms with Crippen molar-refractivity contribution >= 4 is 23.8 Å². The minimum absolute atomic E-state index is 0. The van der Waals surface area contributed by atoms with Crippen LogP contribution in [0.3, 0.4) is 0 Å². The van der Waals surface area contributed by atoms with Crippen LogP contribution >= 0.6 is 0 Å². The van der Waals surface area contributed by atoms with Crippen molar-refractivity contribution in [1.29, 1.82) is 0 Å². The van der Waals surface area contributed by atoms with Gasteiger partial charge in [0.15, 0.2) is 0 Å². The Morgan fingerprint density at radius 2 is 1.08 bits per heavy atom. The third-order valence-corrected chi connectivity index (χ3v) is 6.48. The van der Waals surface area contributed by atoms with E-state index in [4.69, 9.17) is 4.99 Å². The Hall–Kier alpha value is -2.25. The number of nitrogens with zero attached hydrogens (tertiary/aromatic N) is 3. The molecule has 0 aliphatic carbocycles. The zero-order valence-corrected chi connectivity index (χ0v) is 26.3. The molecule has 0 saturated carbocycles. The van der Waals surface area contributed by atoms with E-state index in [2.05, 4.69) is 124 Å². The van der Waals surface area contributed by atoms with Gasteiger partial charge in [0, 0.05) is 25.0 Å². The third-order valence-electron chi connectivity index (χ3n) is 6.25. The van der Waals surface area contributed by atoms with Gasteiger partial charge in [-0.15, -0.1) is 0 Å². The van der Waals surface area contributed by atoms with Crippen LogP contribution in [0.4, 0.5) is 11.4 Å². The minimum atomic E-state index is 0. The van der Waals surface area contributed by atoms with Gasteiger partial charge in [0.2, 0.25) is 0 Å². The van der Waals surface area contributed by atoms with Gasteiger partial charge >= 0.3 is 107 Å². The topological polar surface area (TPSA) is 37.6 Å². The van der Waals surface area contributed by atoms with Gasteiger partial charge in [0.1, 0.15) is 0 Å². The van der Waals surface area contributed by atoms with Crippen molar-refractivity contribution in [3.8, 4) is 0 Å². The molecule has 0 atom stereocenters. The first-order valence-electron chi connectivity index (χ1n) is 13.4. The van der Waals surface area contributed by atoms with Gasteiger partial charge < -0.3 is 12.4 Å². The molecule has 0 unspecified atom stereocenters. The molecule has 0 saturated heterocycles. The first-order valence-corrected chi connectivity index (χ1v) is 14.3. The minimum Gasteiger partial charge on any atom is -1.00 e. The molecule has 0 aliphatic rings. The Morgan fingerprint density at radius 1 is 0.658 bits per heavy atom. The zero-order valence-electron chi connectivity index (χ0n) is 24.3. The maximum absolute atomic E-state index is 4.79. The monoisotopic (exact) mass is 569 g/mol. The SMILES string of the molecule is CC(C)c1cccc(C(C)C)c1N=CCc1cccnc1.CC(C)c1cccc(C(C)C)c1N=C[CH2][Cr+].[Cl-]. The first-order chi connectivity index (χ1) is 17.7. The third kappa shape index (κ3) is 10.1. The van der Waals surface area contributed by atoms with E-state index in [1.165, 1.54) is 33.5 Å². The van der Waals surface area contributed by atoms with Gasteiger partial charge in [-0.05, 0) is 34.6 Å². The largest absolute Gasteiger partial charge is 1.00 e. The molecule has 1 aromatic heterocycles. The van der Waals surface area contributed by atoms with Crippen LogP contribution in [0.5, 0.6) is 0 Å². The van der Waals surface area contributed by atoms with Crippen molar-refractivity contribution in [2.24, 2.45) is 9.98 Å². The van der Waals surface area contributed by atoms with Gasteiger partial charge in [0.05, 0.1) is 5.69 Å². The number of hydrogen-bond acceptors (Lipinski definition) is 3. The number of benzene rings is 2. The Kier molecular flexibility index (Phi) is 15.4. The fourth-order valence-electron chi connectivity index (χ4n) is 4.21. The molecule has 2 aromatic carbocycles. The summed E-state index contributed by atoms with van der Waals surface area (Å²) in [6.45, 7) is 17.8. The maximum Gasteiger partial charge on any atom is -1.00 e. The first kappa shape index (κ1) is 33.8. The summed E-state index contributed by atoms with van der Waals surface area (Å²) in [5, 5.41) is 0.865. The summed E-state index contributed by atoms with van der Waals surface area (Å²) in [6.07, 6.45) is 8.46. The summed E-state index contributed by atoms with van der Waals surface area (Å²) in [7, 11) is 0. The molecule has 0 amide bonds.